The molecule has 0 unspecified atom stereocenters. The highest BCUT2D eigenvalue weighted by Crippen LogP contribution is 2.37. The highest BCUT2D eigenvalue weighted by atomic mass is 79.9. The van der Waals surface area contributed by atoms with E-state index in [-0.39, 0.29) is 5.91 Å². The van der Waals surface area contributed by atoms with Gasteiger partial charge in [-0.25, -0.2) is 0 Å². The number of halogens is 1. The van der Waals surface area contributed by atoms with Gasteiger partial charge in [0.2, 0.25) is 0 Å². The Morgan fingerprint density at radius 3 is 2.65 bits per heavy atom. The standard InChI is InChI=1S/C18H14BrNOS2/c1-11-6-7-15(12(2)8-11)20-17(21)16(23-18(20)22)10-13-4-3-5-14(19)9-13/h3-10H,1-2H3/b16-10-. The maximum atomic E-state index is 12.8. The molecule has 1 fully saturated rings. The summed E-state index contributed by atoms with van der Waals surface area (Å²) in [4.78, 5) is 15.1. The van der Waals surface area contributed by atoms with Crippen molar-refractivity contribution in [3.63, 3.8) is 0 Å². The Kier molecular flexibility index (Phi) is 4.71. The van der Waals surface area contributed by atoms with Gasteiger partial charge >= 0.3 is 0 Å². The zero-order valence-corrected chi connectivity index (χ0v) is 15.9. The molecule has 0 spiro atoms. The van der Waals surface area contributed by atoms with Gasteiger partial charge in [0.05, 0.1) is 10.6 Å². The van der Waals surface area contributed by atoms with Crippen molar-refractivity contribution in [1.29, 1.82) is 0 Å². The Hall–Kier alpha value is -1.43. The predicted octanol–water partition coefficient (Wildman–Crippen LogP) is 5.47. The van der Waals surface area contributed by atoms with E-state index in [0.29, 0.717) is 9.23 Å². The number of rotatable bonds is 2. The summed E-state index contributed by atoms with van der Waals surface area (Å²) in [5.74, 6) is -0.0630. The molecule has 1 aliphatic rings. The third-order valence-electron chi connectivity index (χ3n) is 3.53. The number of thiocarbonyl (C=S) groups is 1. The first-order chi connectivity index (χ1) is 11.0. The van der Waals surface area contributed by atoms with E-state index in [2.05, 4.69) is 22.0 Å². The molecule has 0 atom stereocenters. The normalized spacial score (nSPS) is 16.5. The summed E-state index contributed by atoms with van der Waals surface area (Å²) in [5, 5.41) is 0. The molecule has 0 N–H and O–H groups in total. The van der Waals surface area contributed by atoms with Gasteiger partial charge in [0.25, 0.3) is 5.91 Å². The molecule has 1 saturated heterocycles. The molecule has 2 nitrogen and oxygen atoms in total. The molecule has 2 aromatic carbocycles. The predicted molar refractivity (Wildman–Crippen MR) is 106 cm³/mol. The lowest BCUT2D eigenvalue weighted by molar-refractivity contribution is -0.113. The molecule has 5 heteroatoms. The van der Waals surface area contributed by atoms with E-state index in [1.807, 2.05) is 56.3 Å². The molecule has 0 bridgehead atoms. The molecule has 3 rings (SSSR count). The third kappa shape index (κ3) is 3.42. The summed E-state index contributed by atoms with van der Waals surface area (Å²) in [6, 6.07) is 13.9. The topological polar surface area (TPSA) is 20.3 Å². The number of nitrogens with zero attached hydrogens (tertiary/aromatic N) is 1. The van der Waals surface area contributed by atoms with Gasteiger partial charge in [-0.3, -0.25) is 9.69 Å². The van der Waals surface area contributed by atoms with E-state index in [4.69, 9.17) is 12.2 Å². The average Bonchev–Trinajstić information content (AvgIpc) is 2.74. The van der Waals surface area contributed by atoms with Crippen LogP contribution in [0.3, 0.4) is 0 Å². The first-order valence-electron chi connectivity index (χ1n) is 7.06. The van der Waals surface area contributed by atoms with E-state index in [1.54, 1.807) is 4.90 Å². The molecule has 1 heterocycles. The molecule has 0 radical (unpaired) electrons. The fourth-order valence-electron chi connectivity index (χ4n) is 2.48. The van der Waals surface area contributed by atoms with Crippen molar-refractivity contribution in [2.75, 3.05) is 4.90 Å². The van der Waals surface area contributed by atoms with Crippen molar-refractivity contribution in [2.24, 2.45) is 0 Å². The number of hydrogen-bond donors (Lipinski definition) is 0. The van der Waals surface area contributed by atoms with Gasteiger partial charge in [0.15, 0.2) is 4.32 Å². The summed E-state index contributed by atoms with van der Waals surface area (Å²) in [6.45, 7) is 4.03. The SMILES string of the molecule is Cc1ccc(N2C(=O)/C(=C/c3cccc(Br)c3)SC2=S)c(C)c1. The minimum Gasteiger partial charge on any atom is -0.268 e. The van der Waals surface area contributed by atoms with Crippen molar-refractivity contribution < 1.29 is 4.79 Å². The lowest BCUT2D eigenvalue weighted by atomic mass is 10.1. The first-order valence-corrected chi connectivity index (χ1v) is 9.08. The number of hydrogen-bond acceptors (Lipinski definition) is 3. The molecule has 0 aliphatic carbocycles. The number of carbonyl (C=O) groups is 1. The number of aryl methyl sites for hydroxylation is 2. The molecular formula is C18H14BrNOS2. The molecule has 1 aliphatic heterocycles. The molecule has 0 aromatic heterocycles. The van der Waals surface area contributed by atoms with Crippen LogP contribution in [0.5, 0.6) is 0 Å². The van der Waals surface area contributed by atoms with E-state index in [1.165, 1.54) is 17.3 Å². The molecule has 23 heavy (non-hydrogen) atoms. The summed E-state index contributed by atoms with van der Waals surface area (Å²) >= 11 is 10.2. The van der Waals surface area contributed by atoms with Crippen LogP contribution in [0.15, 0.2) is 51.8 Å². The second-order valence-corrected chi connectivity index (χ2v) is 7.95. The number of thioether (sulfide) groups is 1. The summed E-state index contributed by atoms with van der Waals surface area (Å²) < 4.78 is 1.55. The van der Waals surface area contributed by atoms with Crippen LogP contribution < -0.4 is 4.90 Å². The molecular weight excluding hydrogens is 390 g/mol. The Morgan fingerprint density at radius 1 is 1.17 bits per heavy atom. The Bertz CT molecular complexity index is 845. The minimum absolute atomic E-state index is 0.0630. The second-order valence-electron chi connectivity index (χ2n) is 5.36. The summed E-state index contributed by atoms with van der Waals surface area (Å²) in [5.41, 5.74) is 4.04. The van der Waals surface area contributed by atoms with E-state index in [0.717, 1.165) is 21.3 Å². The highest BCUT2D eigenvalue weighted by molar-refractivity contribution is 9.10. The molecule has 116 valence electrons. The highest BCUT2D eigenvalue weighted by Gasteiger charge is 2.33. The number of benzene rings is 2. The van der Waals surface area contributed by atoms with Crippen LogP contribution in [0.25, 0.3) is 6.08 Å². The van der Waals surface area contributed by atoms with Crippen LogP contribution in [0.1, 0.15) is 16.7 Å². The minimum atomic E-state index is -0.0630. The van der Waals surface area contributed by atoms with Crippen LogP contribution in [0, 0.1) is 13.8 Å². The maximum Gasteiger partial charge on any atom is 0.270 e. The van der Waals surface area contributed by atoms with Crippen LogP contribution in [0.2, 0.25) is 0 Å². The Labute approximate surface area is 153 Å². The quantitative estimate of drug-likeness (QED) is 0.489. The monoisotopic (exact) mass is 403 g/mol. The van der Waals surface area contributed by atoms with Gasteiger partial charge in [0.1, 0.15) is 0 Å². The zero-order chi connectivity index (χ0) is 16.6. The van der Waals surface area contributed by atoms with Gasteiger partial charge < -0.3 is 0 Å². The zero-order valence-electron chi connectivity index (χ0n) is 12.7. The molecule has 1 amide bonds. The number of carbonyl (C=O) groups excluding carboxylic acids is 1. The third-order valence-corrected chi connectivity index (χ3v) is 5.33. The van der Waals surface area contributed by atoms with Crippen LogP contribution in [0.4, 0.5) is 5.69 Å². The average molecular weight is 404 g/mol. The lowest BCUT2D eigenvalue weighted by Crippen LogP contribution is -2.28. The molecule has 0 saturated carbocycles. The van der Waals surface area contributed by atoms with Gasteiger partial charge in [-0.2, -0.15) is 0 Å². The van der Waals surface area contributed by atoms with Crippen LogP contribution in [-0.2, 0) is 4.79 Å². The second kappa shape index (κ2) is 6.59. The van der Waals surface area contributed by atoms with Gasteiger partial charge in [0, 0.05) is 4.47 Å². The number of amides is 1. The Balaban J connectivity index is 1.97. The summed E-state index contributed by atoms with van der Waals surface area (Å²) in [7, 11) is 0. The van der Waals surface area contributed by atoms with Gasteiger partial charge in [-0.15, -0.1) is 0 Å². The fourth-order valence-corrected chi connectivity index (χ4v) is 4.18. The van der Waals surface area contributed by atoms with Gasteiger partial charge in [-0.05, 0) is 49.2 Å². The largest absolute Gasteiger partial charge is 0.270 e. The van der Waals surface area contributed by atoms with Crippen molar-refractivity contribution >= 4 is 61.9 Å². The van der Waals surface area contributed by atoms with Crippen molar-refractivity contribution in [2.45, 2.75) is 13.8 Å². The summed E-state index contributed by atoms with van der Waals surface area (Å²) in [6.07, 6.45) is 1.88. The van der Waals surface area contributed by atoms with E-state index < -0.39 is 0 Å². The number of anilines is 1. The fraction of sp³-hybridized carbons (Fsp3) is 0.111. The van der Waals surface area contributed by atoms with E-state index in [9.17, 15) is 4.79 Å². The van der Waals surface area contributed by atoms with E-state index >= 15 is 0 Å². The van der Waals surface area contributed by atoms with Crippen LogP contribution >= 0.6 is 39.9 Å². The smallest absolute Gasteiger partial charge is 0.268 e. The van der Waals surface area contributed by atoms with Crippen molar-refractivity contribution in [3.8, 4) is 0 Å². The molecule has 2 aromatic rings. The van der Waals surface area contributed by atoms with Gasteiger partial charge in [-0.1, -0.05) is 69.7 Å². The first kappa shape index (κ1) is 16.4. The lowest BCUT2D eigenvalue weighted by Gasteiger charge is -2.17. The van der Waals surface area contributed by atoms with Crippen molar-refractivity contribution in [1.82, 2.24) is 0 Å². The van der Waals surface area contributed by atoms with Crippen molar-refractivity contribution in [3.05, 3.63) is 68.5 Å². The maximum absolute atomic E-state index is 12.8. The Morgan fingerprint density at radius 2 is 1.96 bits per heavy atom. The van der Waals surface area contributed by atoms with Crippen LogP contribution in [-0.4, -0.2) is 10.2 Å².